The van der Waals surface area contributed by atoms with Crippen molar-refractivity contribution >= 4 is 33.2 Å². The first-order chi connectivity index (χ1) is 15.7. The minimum Gasteiger partial charge on any atom is -0.387 e. The van der Waals surface area contributed by atoms with Crippen LogP contribution in [-0.4, -0.2) is 69.0 Å². The molecule has 3 heterocycles. The van der Waals surface area contributed by atoms with Gasteiger partial charge < -0.3 is 26.4 Å². The van der Waals surface area contributed by atoms with Gasteiger partial charge in [0.15, 0.2) is 17.7 Å². The lowest BCUT2D eigenvalue weighted by Crippen LogP contribution is -2.37. The first kappa shape index (κ1) is 23.0. The topological polar surface area (TPSA) is 218 Å². The van der Waals surface area contributed by atoms with Crippen molar-refractivity contribution < 1.29 is 32.3 Å². The summed E-state index contributed by atoms with van der Waals surface area (Å²) in [6, 6.07) is 6.11. The van der Waals surface area contributed by atoms with E-state index >= 15 is 0 Å². The van der Waals surface area contributed by atoms with Crippen LogP contribution in [0.25, 0.3) is 11.2 Å². The number of benzene rings is 1. The van der Waals surface area contributed by atoms with Crippen molar-refractivity contribution in [2.75, 3.05) is 12.3 Å². The maximum atomic E-state index is 12.2. The fraction of sp³-hybridized carbons (Fsp3) is 0.333. The Labute approximate surface area is 187 Å². The summed E-state index contributed by atoms with van der Waals surface area (Å²) in [6.07, 6.45) is -2.85. The SMILES string of the molecule is NCc1cccc(C(=O)NS(=O)(=O)OC[C@H]2O[C@@H](n3cnc4c(N)ncnc43)[C@H](O)[C@@H]2O)c1. The molecule has 33 heavy (non-hydrogen) atoms. The highest BCUT2D eigenvalue weighted by Gasteiger charge is 2.45. The number of nitrogens with zero attached hydrogens (tertiary/aromatic N) is 4. The van der Waals surface area contributed by atoms with Crippen LogP contribution in [0.15, 0.2) is 36.9 Å². The molecule has 1 aliphatic heterocycles. The highest BCUT2D eigenvalue weighted by Crippen LogP contribution is 2.32. The number of hydrogen-bond acceptors (Lipinski definition) is 12. The summed E-state index contributed by atoms with van der Waals surface area (Å²) in [5.74, 6) is -0.802. The number of rotatable bonds is 7. The summed E-state index contributed by atoms with van der Waals surface area (Å²) >= 11 is 0. The van der Waals surface area contributed by atoms with Gasteiger partial charge in [-0.3, -0.25) is 13.5 Å². The lowest BCUT2D eigenvalue weighted by Gasteiger charge is -2.16. The number of hydrogen-bond donors (Lipinski definition) is 5. The normalized spacial score (nSPS) is 23.1. The molecule has 7 N–H and O–H groups in total. The molecule has 0 radical (unpaired) electrons. The molecule has 0 bridgehead atoms. The van der Waals surface area contributed by atoms with Crippen molar-refractivity contribution in [2.24, 2.45) is 5.73 Å². The minimum atomic E-state index is -4.55. The molecule has 176 valence electrons. The van der Waals surface area contributed by atoms with Crippen molar-refractivity contribution in [2.45, 2.75) is 31.1 Å². The zero-order chi connectivity index (χ0) is 23.8. The van der Waals surface area contributed by atoms with Gasteiger partial charge in [0.2, 0.25) is 0 Å². The molecule has 15 heteroatoms. The van der Waals surface area contributed by atoms with Gasteiger partial charge >= 0.3 is 10.3 Å². The molecule has 4 rings (SSSR count). The summed E-state index contributed by atoms with van der Waals surface area (Å²) in [6.45, 7) is -0.500. The predicted molar refractivity (Wildman–Crippen MR) is 112 cm³/mol. The number of anilines is 1. The van der Waals surface area contributed by atoms with Gasteiger partial charge in [-0.05, 0) is 17.7 Å². The average Bonchev–Trinajstić information content (AvgIpc) is 3.34. The standard InChI is InChI=1S/C18H21N7O7S/c19-5-9-2-1-3-10(4-9)17(28)24-33(29,30)31-6-11-13(26)14(27)18(32-11)25-8-23-12-15(20)21-7-22-16(12)25/h1-4,7-8,11,13-14,18,26-27H,5-6,19H2,(H,24,28)(H2,20,21,22)/t11-,13-,14-,18-/m1/s1. The van der Waals surface area contributed by atoms with Gasteiger partial charge in [-0.2, -0.15) is 8.42 Å². The number of imidazole rings is 1. The largest absolute Gasteiger partial charge is 0.387 e. The van der Waals surface area contributed by atoms with E-state index in [4.69, 9.17) is 20.4 Å². The molecule has 14 nitrogen and oxygen atoms in total. The highest BCUT2D eigenvalue weighted by molar-refractivity contribution is 7.85. The Morgan fingerprint density at radius 3 is 2.79 bits per heavy atom. The van der Waals surface area contributed by atoms with Crippen molar-refractivity contribution in [1.82, 2.24) is 24.2 Å². The summed E-state index contributed by atoms with van der Waals surface area (Å²) in [4.78, 5) is 24.2. The second-order valence-electron chi connectivity index (χ2n) is 7.20. The first-order valence-electron chi connectivity index (χ1n) is 9.65. The van der Waals surface area contributed by atoms with Crippen molar-refractivity contribution in [3.05, 3.63) is 48.0 Å². The van der Waals surface area contributed by atoms with Gasteiger partial charge in [-0.25, -0.2) is 19.7 Å². The Bertz CT molecular complexity index is 1280. The van der Waals surface area contributed by atoms with Crippen molar-refractivity contribution in [3.63, 3.8) is 0 Å². The van der Waals surface area contributed by atoms with E-state index in [1.807, 2.05) is 0 Å². The molecule has 1 amide bonds. The van der Waals surface area contributed by atoms with Crippen LogP contribution in [0.3, 0.4) is 0 Å². The van der Waals surface area contributed by atoms with E-state index in [2.05, 4.69) is 15.0 Å². The molecular formula is C18H21N7O7S. The van der Waals surface area contributed by atoms with Gasteiger partial charge in [-0.1, -0.05) is 12.1 Å². The van der Waals surface area contributed by atoms with E-state index in [1.165, 1.54) is 29.4 Å². The minimum absolute atomic E-state index is 0.0750. The summed E-state index contributed by atoms with van der Waals surface area (Å²) in [5, 5.41) is 20.7. The molecule has 0 unspecified atom stereocenters. The number of nitrogens with two attached hydrogens (primary N) is 2. The van der Waals surface area contributed by atoms with Crippen LogP contribution in [0.4, 0.5) is 5.82 Å². The number of carbonyl (C=O) groups excluding carboxylic acids is 1. The number of carbonyl (C=O) groups is 1. The van der Waals surface area contributed by atoms with E-state index in [9.17, 15) is 23.4 Å². The molecule has 4 atom stereocenters. The Morgan fingerprint density at radius 1 is 1.24 bits per heavy atom. The lowest BCUT2D eigenvalue weighted by atomic mass is 10.1. The molecule has 1 saturated heterocycles. The quantitative estimate of drug-likeness (QED) is 0.253. The number of aromatic nitrogens is 4. The van der Waals surface area contributed by atoms with Crippen molar-refractivity contribution in [3.8, 4) is 0 Å². The Hall–Kier alpha value is -3.21. The van der Waals surface area contributed by atoms with Crippen LogP contribution in [0, 0.1) is 0 Å². The zero-order valence-corrected chi connectivity index (χ0v) is 17.8. The molecule has 1 fully saturated rings. The molecule has 2 aromatic heterocycles. The van der Waals surface area contributed by atoms with Gasteiger partial charge in [-0.15, -0.1) is 0 Å². The van der Waals surface area contributed by atoms with Gasteiger partial charge in [0.25, 0.3) is 5.91 Å². The molecule has 0 saturated carbocycles. The fourth-order valence-corrected chi connectivity index (χ4v) is 4.07. The lowest BCUT2D eigenvalue weighted by molar-refractivity contribution is -0.0468. The maximum Gasteiger partial charge on any atom is 0.362 e. The summed E-state index contributed by atoms with van der Waals surface area (Å²) in [7, 11) is -4.55. The van der Waals surface area contributed by atoms with Crippen LogP contribution in [-0.2, 0) is 25.8 Å². The molecule has 0 aliphatic carbocycles. The number of ether oxygens (including phenoxy) is 1. The molecule has 3 aromatic rings. The zero-order valence-electron chi connectivity index (χ0n) is 17.0. The second kappa shape index (κ2) is 8.97. The Balaban J connectivity index is 1.42. The van der Waals surface area contributed by atoms with Crippen LogP contribution in [0.1, 0.15) is 22.1 Å². The van der Waals surface area contributed by atoms with Crippen LogP contribution in [0.2, 0.25) is 0 Å². The van der Waals surface area contributed by atoms with E-state index in [-0.39, 0.29) is 29.1 Å². The van der Waals surface area contributed by atoms with E-state index in [1.54, 1.807) is 16.9 Å². The number of nitrogens with one attached hydrogen (secondary N) is 1. The highest BCUT2D eigenvalue weighted by atomic mass is 32.2. The molecular weight excluding hydrogens is 458 g/mol. The molecule has 1 aromatic carbocycles. The third kappa shape index (κ3) is 4.63. The van der Waals surface area contributed by atoms with Gasteiger partial charge in [0.05, 0.1) is 12.9 Å². The Morgan fingerprint density at radius 2 is 2.03 bits per heavy atom. The molecule has 1 aliphatic rings. The van der Waals surface area contributed by atoms with Gasteiger partial charge in [0.1, 0.15) is 30.2 Å². The van der Waals surface area contributed by atoms with E-state index in [0.717, 1.165) is 0 Å². The van der Waals surface area contributed by atoms with Crippen LogP contribution < -0.4 is 16.2 Å². The number of aliphatic hydroxyl groups is 2. The molecule has 0 spiro atoms. The number of fused-ring (bicyclic) bond motifs is 1. The maximum absolute atomic E-state index is 12.2. The number of amides is 1. The summed E-state index contributed by atoms with van der Waals surface area (Å²) in [5.41, 5.74) is 12.5. The van der Waals surface area contributed by atoms with E-state index < -0.39 is 47.4 Å². The van der Waals surface area contributed by atoms with Crippen LogP contribution >= 0.6 is 0 Å². The average molecular weight is 479 g/mol. The van der Waals surface area contributed by atoms with Crippen molar-refractivity contribution in [1.29, 1.82) is 0 Å². The van der Waals surface area contributed by atoms with Crippen LogP contribution in [0.5, 0.6) is 0 Å². The monoisotopic (exact) mass is 479 g/mol. The first-order valence-corrected chi connectivity index (χ1v) is 11.1. The Kier molecular flexibility index (Phi) is 6.24. The third-order valence-electron chi connectivity index (χ3n) is 5.03. The fourth-order valence-electron chi connectivity index (χ4n) is 3.35. The summed E-state index contributed by atoms with van der Waals surface area (Å²) < 4.78 is 37.9. The second-order valence-corrected chi connectivity index (χ2v) is 8.55. The third-order valence-corrected chi connectivity index (χ3v) is 5.91. The predicted octanol–water partition coefficient (Wildman–Crippen LogP) is -1.82. The van der Waals surface area contributed by atoms with Gasteiger partial charge in [0, 0.05) is 12.1 Å². The number of nitrogen functional groups attached to an aromatic ring is 1. The van der Waals surface area contributed by atoms with E-state index in [0.29, 0.717) is 5.56 Å². The number of aliphatic hydroxyl groups excluding tert-OH is 2. The smallest absolute Gasteiger partial charge is 0.362 e.